The number of carbonyl (C=O) groups excluding carboxylic acids is 2. The molecule has 194 valence electrons. The number of aliphatic hydroxyl groups excluding tert-OH is 1. The molecular weight excluding hydrogens is 454 g/mol. The highest BCUT2D eigenvalue weighted by Crippen LogP contribution is 2.75. The molecule has 0 aliphatic heterocycles. The number of carboxylic acid groups (broad SMARTS) is 1. The summed E-state index contributed by atoms with van der Waals surface area (Å²) < 4.78 is 0. The number of hydrogen-bond acceptors (Lipinski definition) is 4. The van der Waals surface area contributed by atoms with Gasteiger partial charge in [-0.25, -0.2) is 4.79 Å². The maximum atomic E-state index is 12.6. The number of amides is 1. The van der Waals surface area contributed by atoms with E-state index in [1.165, 1.54) is 5.57 Å². The molecule has 6 nitrogen and oxygen atoms in total. The van der Waals surface area contributed by atoms with Gasteiger partial charge in [-0.05, 0) is 98.2 Å². The lowest BCUT2D eigenvalue weighted by Crippen LogP contribution is -2.64. The Labute approximate surface area is 213 Å². The van der Waals surface area contributed by atoms with Gasteiger partial charge in [-0.15, -0.1) is 0 Å². The minimum absolute atomic E-state index is 0.0431. The largest absolute Gasteiger partial charge is 0.504 e. The van der Waals surface area contributed by atoms with Gasteiger partial charge in [-0.3, -0.25) is 9.59 Å². The maximum Gasteiger partial charge on any atom is 0.394 e. The molecule has 0 aromatic heterocycles. The fraction of sp³-hybridized carbons (Fsp3) is 0.633. The van der Waals surface area contributed by atoms with Crippen molar-refractivity contribution < 1.29 is 24.6 Å². The maximum absolute atomic E-state index is 12.6. The van der Waals surface area contributed by atoms with Crippen molar-refractivity contribution in [2.75, 3.05) is 0 Å². The number of hydrogen-bond donors (Lipinski definition) is 3. The van der Waals surface area contributed by atoms with E-state index >= 15 is 0 Å². The quantitative estimate of drug-likeness (QED) is 0.415. The second-order valence-corrected chi connectivity index (χ2v) is 13.4. The van der Waals surface area contributed by atoms with Crippen LogP contribution in [0, 0.1) is 27.6 Å². The molecule has 0 bridgehead atoms. The second kappa shape index (κ2) is 7.45. The van der Waals surface area contributed by atoms with Crippen LogP contribution in [-0.2, 0) is 14.4 Å². The minimum Gasteiger partial charge on any atom is -0.504 e. The van der Waals surface area contributed by atoms with E-state index in [9.17, 15) is 24.6 Å². The molecule has 5 aliphatic carbocycles. The molecular formula is C30H39NO5. The summed E-state index contributed by atoms with van der Waals surface area (Å²) in [7, 11) is 0. The number of carbonyl (C=O) groups is 3. The fourth-order valence-corrected chi connectivity index (χ4v) is 8.90. The van der Waals surface area contributed by atoms with Crippen LogP contribution in [-0.4, -0.2) is 33.4 Å². The number of fused-ring (bicyclic) bond motifs is 7. The van der Waals surface area contributed by atoms with Crippen LogP contribution < -0.4 is 5.32 Å². The zero-order valence-corrected chi connectivity index (χ0v) is 22.4. The van der Waals surface area contributed by atoms with E-state index in [2.05, 4.69) is 45.2 Å². The van der Waals surface area contributed by atoms with E-state index < -0.39 is 17.4 Å². The summed E-state index contributed by atoms with van der Waals surface area (Å²) in [5.74, 6) is -2.50. The first-order chi connectivity index (χ1) is 16.6. The Morgan fingerprint density at radius 3 is 2.31 bits per heavy atom. The fourth-order valence-electron chi connectivity index (χ4n) is 8.90. The molecule has 1 unspecified atom stereocenters. The van der Waals surface area contributed by atoms with Gasteiger partial charge in [-0.1, -0.05) is 45.4 Å². The molecule has 3 N–H and O–H groups in total. The topological polar surface area (TPSA) is 104 Å². The Kier molecular flexibility index (Phi) is 5.18. The third-order valence-corrected chi connectivity index (χ3v) is 11.5. The predicted octanol–water partition coefficient (Wildman–Crippen LogP) is 5.57. The van der Waals surface area contributed by atoms with Crippen molar-refractivity contribution in [1.82, 2.24) is 5.32 Å². The van der Waals surface area contributed by atoms with Gasteiger partial charge in [0.15, 0.2) is 5.76 Å². The average Bonchev–Trinajstić information content (AvgIpc) is 2.81. The molecule has 0 spiro atoms. The molecule has 0 saturated heterocycles. The molecule has 3 saturated carbocycles. The molecule has 0 radical (unpaired) electrons. The number of nitrogens with one attached hydrogen (secondary N) is 1. The average molecular weight is 494 g/mol. The van der Waals surface area contributed by atoms with Crippen molar-refractivity contribution in [1.29, 1.82) is 0 Å². The standard InChI is InChI=1S/C30H39NO5/c1-17-18-7-8-21-28(4,19(18)15-20(32)23(17)33)12-14-30(6)22-16-27(3,31-24(34)25(35)36)11-9-26(22,2)10-13-29(21,30)5/h7-8,15,22,33H,9-14,16H2,1-6H3,(H,31,34)(H,35,36)/t22?,26-,27-,28+,29-,30+/m1/s1. The third-order valence-electron chi connectivity index (χ3n) is 11.5. The van der Waals surface area contributed by atoms with Crippen LogP contribution in [0.1, 0.15) is 86.5 Å². The molecule has 5 aliphatic rings. The van der Waals surface area contributed by atoms with E-state index in [-0.39, 0.29) is 33.2 Å². The Hall–Kier alpha value is -2.63. The van der Waals surface area contributed by atoms with Crippen LogP contribution in [0.25, 0.3) is 0 Å². The smallest absolute Gasteiger partial charge is 0.394 e. The Morgan fingerprint density at radius 1 is 0.972 bits per heavy atom. The van der Waals surface area contributed by atoms with Gasteiger partial charge in [0.25, 0.3) is 0 Å². The lowest BCUT2D eigenvalue weighted by Gasteiger charge is -2.70. The monoisotopic (exact) mass is 493 g/mol. The van der Waals surface area contributed by atoms with E-state index in [0.29, 0.717) is 11.5 Å². The van der Waals surface area contributed by atoms with Gasteiger partial charge in [-0.2, -0.15) is 0 Å². The molecule has 0 heterocycles. The van der Waals surface area contributed by atoms with E-state index in [1.54, 1.807) is 6.08 Å². The first-order valence-corrected chi connectivity index (χ1v) is 13.3. The van der Waals surface area contributed by atoms with Crippen LogP contribution in [0.5, 0.6) is 0 Å². The van der Waals surface area contributed by atoms with Gasteiger partial charge in [0.05, 0.1) is 0 Å². The highest BCUT2D eigenvalue weighted by atomic mass is 16.4. The zero-order valence-electron chi connectivity index (χ0n) is 22.4. The molecule has 0 aromatic rings. The number of aliphatic carboxylic acids is 1. The predicted molar refractivity (Wildman–Crippen MR) is 137 cm³/mol. The van der Waals surface area contributed by atoms with E-state index in [0.717, 1.165) is 56.1 Å². The van der Waals surface area contributed by atoms with Gasteiger partial charge < -0.3 is 15.5 Å². The normalized spacial score (nSPS) is 43.7. The van der Waals surface area contributed by atoms with Crippen molar-refractivity contribution in [3.05, 3.63) is 46.3 Å². The summed E-state index contributed by atoms with van der Waals surface area (Å²) in [6.45, 7) is 13.3. The first kappa shape index (κ1) is 25.0. The van der Waals surface area contributed by atoms with Crippen molar-refractivity contribution in [3.63, 3.8) is 0 Å². The van der Waals surface area contributed by atoms with Crippen LogP contribution in [0.15, 0.2) is 46.3 Å². The van der Waals surface area contributed by atoms with E-state index in [4.69, 9.17) is 0 Å². The Balaban J connectivity index is 1.58. The number of aliphatic hydroxyl groups is 1. The lowest BCUT2D eigenvalue weighted by molar-refractivity contribution is -0.160. The second-order valence-electron chi connectivity index (χ2n) is 13.4. The highest BCUT2D eigenvalue weighted by Gasteiger charge is 2.66. The molecule has 0 aromatic carbocycles. The van der Waals surface area contributed by atoms with Crippen LogP contribution in [0.3, 0.4) is 0 Å². The number of rotatable bonds is 1. The van der Waals surface area contributed by atoms with Gasteiger partial charge >= 0.3 is 11.9 Å². The zero-order chi connectivity index (χ0) is 26.5. The first-order valence-electron chi connectivity index (χ1n) is 13.3. The van der Waals surface area contributed by atoms with E-state index in [1.807, 2.05) is 13.8 Å². The van der Waals surface area contributed by atoms with Crippen LogP contribution in [0.2, 0.25) is 0 Å². The molecule has 3 fully saturated rings. The van der Waals surface area contributed by atoms with Gasteiger partial charge in [0.1, 0.15) is 0 Å². The molecule has 6 heteroatoms. The van der Waals surface area contributed by atoms with Crippen LogP contribution in [0.4, 0.5) is 0 Å². The molecule has 6 atom stereocenters. The summed E-state index contributed by atoms with van der Waals surface area (Å²) in [5.41, 5.74) is 3.17. The van der Waals surface area contributed by atoms with Crippen molar-refractivity contribution >= 4 is 17.7 Å². The summed E-state index contributed by atoms with van der Waals surface area (Å²) >= 11 is 0. The number of ketones is 1. The van der Waals surface area contributed by atoms with Crippen molar-refractivity contribution in [2.24, 2.45) is 27.6 Å². The number of allylic oxidation sites excluding steroid dienone is 7. The summed E-state index contributed by atoms with van der Waals surface area (Å²) in [4.78, 5) is 36.1. The number of carboxylic acids is 1. The summed E-state index contributed by atoms with van der Waals surface area (Å²) in [6.07, 6.45) is 12.5. The molecule has 1 amide bonds. The van der Waals surface area contributed by atoms with Gasteiger partial charge in [0, 0.05) is 16.5 Å². The van der Waals surface area contributed by atoms with Crippen molar-refractivity contribution in [3.8, 4) is 0 Å². The lowest BCUT2D eigenvalue weighted by atomic mass is 9.35. The van der Waals surface area contributed by atoms with Crippen LogP contribution >= 0.6 is 0 Å². The molecule has 36 heavy (non-hydrogen) atoms. The van der Waals surface area contributed by atoms with Gasteiger partial charge in [0.2, 0.25) is 5.78 Å². The summed E-state index contributed by atoms with van der Waals surface area (Å²) in [5, 5.41) is 22.4. The third kappa shape index (κ3) is 3.12. The Morgan fingerprint density at radius 2 is 1.64 bits per heavy atom. The SMILES string of the molecule is CC1=C(O)C(=O)C=C2C1=CC=C1[C@@]2(C)CC[C@@]2(C)C3C[C@](C)(NC(=O)C(=O)O)CC[C@]3(C)CC[C@]12C. The minimum atomic E-state index is -1.43. The molecule has 5 rings (SSSR count). The summed E-state index contributed by atoms with van der Waals surface area (Å²) in [6, 6.07) is 0. The Bertz CT molecular complexity index is 1220. The highest BCUT2D eigenvalue weighted by molar-refractivity contribution is 6.31. The van der Waals surface area contributed by atoms with Crippen molar-refractivity contribution in [2.45, 2.75) is 92.0 Å².